The van der Waals surface area contributed by atoms with Crippen molar-refractivity contribution in [3.05, 3.63) is 96.6 Å². The van der Waals surface area contributed by atoms with E-state index < -0.39 is 28.0 Å². The van der Waals surface area contributed by atoms with Crippen molar-refractivity contribution in [2.24, 2.45) is 16.6 Å². The summed E-state index contributed by atoms with van der Waals surface area (Å²) in [5.74, 6) is -1.06. The zero-order valence-electron chi connectivity index (χ0n) is 20.2. The molecule has 2 N–H and O–H groups in total. The predicted octanol–water partition coefficient (Wildman–Crippen LogP) is 6.93. The Hall–Kier alpha value is -2.92. The summed E-state index contributed by atoms with van der Waals surface area (Å²) in [4.78, 5) is 25.4. The minimum atomic E-state index is -1.16. The summed E-state index contributed by atoms with van der Waals surface area (Å²) in [6.07, 6.45) is 7.67. The summed E-state index contributed by atoms with van der Waals surface area (Å²) >= 11 is 0. The Balaban J connectivity index is 2.45. The average molecular weight is 468 g/mol. The van der Waals surface area contributed by atoms with Crippen molar-refractivity contribution >= 4 is 12.1 Å². The first-order valence-electron chi connectivity index (χ1n) is 11.6. The Kier molecular flexibility index (Phi) is 9.22. The van der Waals surface area contributed by atoms with Gasteiger partial charge in [0.2, 0.25) is 0 Å². The Morgan fingerprint density at radius 1 is 0.882 bits per heavy atom. The molecule has 3 atom stereocenters. The van der Waals surface area contributed by atoms with Gasteiger partial charge in [0.1, 0.15) is 17.9 Å². The molecule has 3 unspecified atom stereocenters. The number of nitrogens with two attached hydrogens (primary N) is 1. The Bertz CT molecular complexity index is 1000. The van der Waals surface area contributed by atoms with Crippen LogP contribution in [0.2, 0.25) is 0 Å². The highest BCUT2D eigenvalue weighted by Gasteiger charge is 2.50. The van der Waals surface area contributed by atoms with Gasteiger partial charge in [-0.25, -0.2) is 8.78 Å². The van der Waals surface area contributed by atoms with E-state index >= 15 is 0 Å². The highest BCUT2D eigenvalue weighted by molar-refractivity contribution is 6.01. The van der Waals surface area contributed by atoms with Gasteiger partial charge < -0.3 is 10.5 Å². The van der Waals surface area contributed by atoms with Crippen LogP contribution >= 0.6 is 0 Å². The van der Waals surface area contributed by atoms with E-state index in [-0.39, 0.29) is 12.2 Å². The minimum Gasteiger partial charge on any atom is -0.321 e. The molecule has 2 aromatic rings. The molecule has 0 aliphatic rings. The maximum atomic E-state index is 13.8. The first-order chi connectivity index (χ1) is 16.0. The third-order valence-corrected chi connectivity index (χ3v) is 6.97. The molecule has 2 aromatic carbocycles. The van der Waals surface area contributed by atoms with Crippen molar-refractivity contribution in [1.82, 2.24) is 0 Å². The lowest BCUT2D eigenvalue weighted by Crippen LogP contribution is -2.55. The summed E-state index contributed by atoms with van der Waals surface area (Å²) in [6, 6.07) is 11.3. The quantitative estimate of drug-likeness (QED) is 0.142. The van der Waals surface area contributed by atoms with E-state index in [1.807, 2.05) is 6.92 Å². The molecular weight excluding hydrogens is 432 g/mol. The van der Waals surface area contributed by atoms with E-state index in [1.54, 1.807) is 31.2 Å². The lowest BCUT2D eigenvalue weighted by molar-refractivity contribution is -0.115. The largest absolute Gasteiger partial charge is 0.321 e. The van der Waals surface area contributed by atoms with Gasteiger partial charge in [0, 0.05) is 11.0 Å². The molecule has 0 spiro atoms. The van der Waals surface area contributed by atoms with Crippen LogP contribution < -0.4 is 5.73 Å². The number of carbonyl (C=O) groups is 2. The van der Waals surface area contributed by atoms with Crippen LogP contribution in [0.5, 0.6) is 0 Å². The lowest BCUT2D eigenvalue weighted by Gasteiger charge is -2.46. The second kappa shape index (κ2) is 11.5. The highest BCUT2D eigenvalue weighted by atomic mass is 19.1. The van der Waals surface area contributed by atoms with Crippen LogP contribution in [-0.4, -0.2) is 12.1 Å². The molecule has 2 rings (SSSR count). The molecule has 34 heavy (non-hydrogen) atoms. The maximum Gasteiger partial charge on any atom is 0.171 e. The number of carbonyl (C=O) groups excluding carboxylic acids is 2. The third-order valence-electron chi connectivity index (χ3n) is 6.97. The summed E-state index contributed by atoms with van der Waals surface area (Å²) in [5, 5.41) is 0. The predicted molar refractivity (Wildman–Crippen MR) is 133 cm³/mol. The molecule has 0 fully saturated rings. The number of benzene rings is 2. The van der Waals surface area contributed by atoms with E-state index in [0.29, 0.717) is 36.8 Å². The molecule has 0 saturated heterocycles. The van der Waals surface area contributed by atoms with Gasteiger partial charge in [-0.2, -0.15) is 0 Å². The first-order valence-corrected chi connectivity index (χ1v) is 11.6. The molecule has 0 saturated carbocycles. The van der Waals surface area contributed by atoms with Crippen LogP contribution in [-0.2, 0) is 10.3 Å². The van der Waals surface area contributed by atoms with Crippen molar-refractivity contribution in [2.75, 3.05) is 0 Å². The zero-order valence-corrected chi connectivity index (χ0v) is 20.2. The second-order valence-electron chi connectivity index (χ2n) is 9.61. The van der Waals surface area contributed by atoms with Crippen molar-refractivity contribution in [1.29, 1.82) is 0 Å². The number of Topliss-reactive ketones (excluding diaryl/α,β-unsaturated/α-hetero) is 1. The van der Waals surface area contributed by atoms with Gasteiger partial charge in [0.15, 0.2) is 5.78 Å². The van der Waals surface area contributed by atoms with Crippen LogP contribution in [0.3, 0.4) is 0 Å². The number of aldehydes is 1. The van der Waals surface area contributed by atoms with E-state index in [1.165, 1.54) is 36.4 Å². The molecule has 0 radical (unpaired) electrons. The van der Waals surface area contributed by atoms with Crippen molar-refractivity contribution in [2.45, 2.75) is 57.9 Å². The van der Waals surface area contributed by atoms with Crippen molar-refractivity contribution in [3.63, 3.8) is 0 Å². The van der Waals surface area contributed by atoms with E-state index in [9.17, 15) is 18.4 Å². The number of ketones is 1. The van der Waals surface area contributed by atoms with Gasteiger partial charge in [-0.3, -0.25) is 4.79 Å². The Morgan fingerprint density at radius 2 is 1.38 bits per heavy atom. The molecule has 182 valence electrons. The van der Waals surface area contributed by atoms with E-state index in [0.717, 1.165) is 12.7 Å². The van der Waals surface area contributed by atoms with E-state index in [2.05, 4.69) is 13.2 Å². The molecule has 0 amide bonds. The first kappa shape index (κ1) is 27.3. The molecule has 0 bridgehead atoms. The molecule has 0 aromatic heterocycles. The highest BCUT2D eigenvalue weighted by Crippen LogP contribution is 2.47. The standard InChI is InChI=1S/C29H35F2NO2/c1-5-17-27(3,21-33)19-7-8-20-29(32,23-11-15-25(31)16-12-23)28(4,18-6-2)26(34)22-9-13-24(30)14-10-22/h5-6,9-16,21H,1-2,7-8,17-20,32H2,3-4H3. The van der Waals surface area contributed by atoms with Crippen LogP contribution in [0.1, 0.15) is 68.3 Å². The zero-order chi connectivity index (χ0) is 25.4. The van der Waals surface area contributed by atoms with Gasteiger partial charge in [0.05, 0.1) is 11.0 Å². The fourth-order valence-electron chi connectivity index (χ4n) is 4.64. The summed E-state index contributed by atoms with van der Waals surface area (Å²) in [6.45, 7) is 11.3. The van der Waals surface area contributed by atoms with Crippen molar-refractivity contribution in [3.8, 4) is 0 Å². The van der Waals surface area contributed by atoms with Crippen molar-refractivity contribution < 1.29 is 18.4 Å². The number of allylic oxidation sites excluding steroid dienone is 2. The Labute approximate surface area is 201 Å². The van der Waals surface area contributed by atoms with Gasteiger partial charge in [-0.15, -0.1) is 13.2 Å². The topological polar surface area (TPSA) is 60.2 Å². The number of rotatable bonds is 14. The number of hydrogen-bond acceptors (Lipinski definition) is 3. The molecule has 0 aliphatic heterocycles. The molecule has 5 heteroatoms. The Morgan fingerprint density at radius 3 is 1.88 bits per heavy atom. The van der Waals surface area contributed by atoms with Crippen LogP contribution in [0.4, 0.5) is 8.78 Å². The van der Waals surface area contributed by atoms with Crippen LogP contribution in [0.25, 0.3) is 0 Å². The third kappa shape index (κ3) is 5.95. The van der Waals surface area contributed by atoms with Gasteiger partial charge in [-0.05, 0) is 74.6 Å². The normalized spacial score (nSPS) is 16.5. The molecule has 3 nitrogen and oxygen atoms in total. The smallest absolute Gasteiger partial charge is 0.171 e. The average Bonchev–Trinajstić information content (AvgIpc) is 2.82. The summed E-state index contributed by atoms with van der Waals surface area (Å²) in [7, 11) is 0. The van der Waals surface area contributed by atoms with Crippen LogP contribution in [0.15, 0.2) is 73.8 Å². The van der Waals surface area contributed by atoms with Gasteiger partial charge in [-0.1, -0.05) is 44.1 Å². The molecule has 0 heterocycles. The fourth-order valence-corrected chi connectivity index (χ4v) is 4.64. The van der Waals surface area contributed by atoms with Crippen LogP contribution in [0, 0.1) is 22.5 Å². The lowest BCUT2D eigenvalue weighted by atomic mass is 9.60. The maximum absolute atomic E-state index is 13.8. The molecular formula is C29H35F2NO2. The number of unbranched alkanes of at least 4 members (excludes halogenated alkanes) is 1. The summed E-state index contributed by atoms with van der Waals surface area (Å²) in [5.41, 5.74) is 5.30. The summed E-state index contributed by atoms with van der Waals surface area (Å²) < 4.78 is 27.2. The molecule has 0 aliphatic carbocycles. The SMILES string of the molecule is C=CCC(C)(C=O)CCCCC(N)(c1ccc(F)cc1)C(C)(CC=C)C(=O)c1ccc(F)cc1. The minimum absolute atomic E-state index is 0.233. The second-order valence-corrected chi connectivity index (χ2v) is 9.61. The monoisotopic (exact) mass is 467 g/mol. The van der Waals surface area contributed by atoms with E-state index in [4.69, 9.17) is 5.73 Å². The number of halogens is 2. The van der Waals surface area contributed by atoms with Gasteiger partial charge in [0.25, 0.3) is 0 Å². The fraction of sp³-hybridized carbons (Fsp3) is 0.379. The number of hydrogen-bond donors (Lipinski definition) is 1. The van der Waals surface area contributed by atoms with Gasteiger partial charge >= 0.3 is 0 Å².